The maximum absolute atomic E-state index is 11.9. The van der Waals surface area contributed by atoms with Crippen LogP contribution in [-0.4, -0.2) is 43.4 Å². The number of pyridine rings is 1. The van der Waals surface area contributed by atoms with Crippen LogP contribution in [0, 0.1) is 0 Å². The summed E-state index contributed by atoms with van der Waals surface area (Å²) in [6, 6.07) is 2.62. The van der Waals surface area contributed by atoms with Crippen LogP contribution in [0.4, 0.5) is 18.9 Å². The van der Waals surface area contributed by atoms with Crippen molar-refractivity contribution in [3.63, 3.8) is 0 Å². The Morgan fingerprint density at radius 2 is 2.19 bits per heavy atom. The Hall–Kier alpha value is -1.87. The van der Waals surface area contributed by atoms with E-state index in [4.69, 9.17) is 10.5 Å². The van der Waals surface area contributed by atoms with Gasteiger partial charge in [-0.1, -0.05) is 0 Å². The summed E-state index contributed by atoms with van der Waals surface area (Å²) in [7, 11) is 1.44. The topological polar surface area (TPSA) is 86.5 Å². The molecule has 3 N–H and O–H groups in total. The van der Waals surface area contributed by atoms with Crippen molar-refractivity contribution in [3.05, 3.63) is 18.3 Å². The van der Waals surface area contributed by atoms with Gasteiger partial charge in [0.1, 0.15) is 0 Å². The molecule has 21 heavy (non-hydrogen) atoms. The zero-order valence-electron chi connectivity index (χ0n) is 11.3. The fourth-order valence-corrected chi connectivity index (χ4v) is 1.38. The standard InChI is InChI=1S/C12H16F3N3O3/c1-20-9(5-16)4-10(19)18-8-2-3-11(17-6-8)21-7-12(13,14)15/h2-3,6,9H,4-5,7,16H2,1H3,(H,18,19). The number of nitrogens with zero attached hydrogens (tertiary/aromatic N) is 1. The summed E-state index contributed by atoms with van der Waals surface area (Å²) < 4.78 is 45.3. The number of alkyl halides is 3. The quantitative estimate of drug-likeness (QED) is 0.793. The minimum Gasteiger partial charge on any atom is -0.468 e. The third-order valence-electron chi connectivity index (χ3n) is 2.41. The van der Waals surface area contributed by atoms with Gasteiger partial charge in [-0.3, -0.25) is 4.79 Å². The van der Waals surface area contributed by atoms with Crippen molar-refractivity contribution < 1.29 is 27.4 Å². The third-order valence-corrected chi connectivity index (χ3v) is 2.41. The van der Waals surface area contributed by atoms with Crippen LogP contribution in [0.5, 0.6) is 5.88 Å². The van der Waals surface area contributed by atoms with Crippen LogP contribution in [0.3, 0.4) is 0 Å². The van der Waals surface area contributed by atoms with Crippen LogP contribution >= 0.6 is 0 Å². The zero-order chi connectivity index (χ0) is 15.9. The number of carbonyl (C=O) groups excluding carboxylic acids is 1. The summed E-state index contributed by atoms with van der Waals surface area (Å²) in [5, 5.41) is 2.53. The number of halogens is 3. The van der Waals surface area contributed by atoms with Gasteiger partial charge >= 0.3 is 6.18 Å². The Balaban J connectivity index is 2.49. The Labute approximate surface area is 119 Å². The van der Waals surface area contributed by atoms with Crippen LogP contribution in [0.1, 0.15) is 6.42 Å². The number of aromatic nitrogens is 1. The van der Waals surface area contributed by atoms with Crippen molar-refractivity contribution in [2.75, 3.05) is 25.6 Å². The first-order valence-electron chi connectivity index (χ1n) is 6.02. The lowest BCUT2D eigenvalue weighted by atomic mass is 10.2. The molecule has 0 radical (unpaired) electrons. The van der Waals surface area contributed by atoms with Gasteiger partial charge < -0.3 is 20.5 Å². The Bertz CT molecular complexity index is 447. The lowest BCUT2D eigenvalue weighted by Gasteiger charge is -2.12. The van der Waals surface area contributed by atoms with E-state index >= 15 is 0 Å². The number of rotatable bonds is 7. The highest BCUT2D eigenvalue weighted by atomic mass is 19.4. The molecule has 1 unspecified atom stereocenters. The summed E-state index contributed by atoms with van der Waals surface area (Å²) in [5.74, 6) is -0.514. The summed E-state index contributed by atoms with van der Waals surface area (Å²) in [6.07, 6.45) is -3.55. The second-order valence-corrected chi connectivity index (χ2v) is 4.13. The number of hydrogen-bond donors (Lipinski definition) is 2. The normalized spacial score (nSPS) is 12.8. The van der Waals surface area contributed by atoms with Gasteiger partial charge in [-0.15, -0.1) is 0 Å². The van der Waals surface area contributed by atoms with Gasteiger partial charge in [0.15, 0.2) is 6.61 Å². The highest BCUT2D eigenvalue weighted by molar-refractivity contribution is 5.90. The van der Waals surface area contributed by atoms with Crippen molar-refractivity contribution in [3.8, 4) is 5.88 Å². The molecule has 1 amide bonds. The van der Waals surface area contributed by atoms with Crippen molar-refractivity contribution in [2.45, 2.75) is 18.7 Å². The van der Waals surface area contributed by atoms with E-state index in [0.717, 1.165) is 0 Å². The summed E-state index contributed by atoms with van der Waals surface area (Å²) in [5.41, 5.74) is 5.73. The van der Waals surface area contributed by atoms with Crippen LogP contribution in [-0.2, 0) is 9.53 Å². The molecule has 0 fully saturated rings. The average molecular weight is 307 g/mol. The average Bonchev–Trinajstić information content (AvgIpc) is 2.43. The van der Waals surface area contributed by atoms with Gasteiger partial charge in [0.05, 0.1) is 24.4 Å². The molecular formula is C12H16F3N3O3. The molecule has 1 aromatic rings. The van der Waals surface area contributed by atoms with Crippen molar-refractivity contribution >= 4 is 11.6 Å². The number of anilines is 1. The number of ether oxygens (including phenoxy) is 2. The number of amides is 1. The molecule has 1 rings (SSSR count). The second-order valence-electron chi connectivity index (χ2n) is 4.13. The second kappa shape index (κ2) is 7.79. The molecule has 0 saturated heterocycles. The van der Waals surface area contributed by atoms with Crippen molar-refractivity contribution in [1.29, 1.82) is 0 Å². The fourth-order valence-electron chi connectivity index (χ4n) is 1.38. The largest absolute Gasteiger partial charge is 0.468 e. The van der Waals surface area contributed by atoms with Crippen molar-refractivity contribution in [2.24, 2.45) is 5.73 Å². The first-order chi connectivity index (χ1) is 9.84. The maximum Gasteiger partial charge on any atom is 0.422 e. The molecule has 118 valence electrons. The lowest BCUT2D eigenvalue weighted by Crippen LogP contribution is -2.28. The molecule has 0 spiro atoms. The van der Waals surface area contributed by atoms with Crippen molar-refractivity contribution in [1.82, 2.24) is 4.98 Å². The molecule has 0 aliphatic heterocycles. The third kappa shape index (κ3) is 6.91. The number of methoxy groups -OCH3 is 1. The Morgan fingerprint density at radius 1 is 1.48 bits per heavy atom. The van der Waals surface area contributed by atoms with Crippen LogP contribution in [0.25, 0.3) is 0 Å². The number of nitrogens with two attached hydrogens (primary N) is 1. The minimum atomic E-state index is -4.42. The van der Waals surface area contributed by atoms with Gasteiger partial charge in [-0.05, 0) is 6.07 Å². The monoisotopic (exact) mass is 307 g/mol. The number of hydrogen-bond acceptors (Lipinski definition) is 5. The molecule has 0 aliphatic carbocycles. The lowest BCUT2D eigenvalue weighted by molar-refractivity contribution is -0.154. The number of nitrogens with one attached hydrogen (secondary N) is 1. The van der Waals surface area contributed by atoms with E-state index in [1.54, 1.807) is 0 Å². The zero-order valence-corrected chi connectivity index (χ0v) is 11.3. The van der Waals surface area contributed by atoms with Gasteiger partial charge in [-0.2, -0.15) is 13.2 Å². The summed E-state index contributed by atoms with van der Waals surface area (Å²) in [6.45, 7) is -1.22. The van der Waals surface area contributed by atoms with E-state index in [-0.39, 0.29) is 24.8 Å². The molecule has 0 aliphatic rings. The highest BCUT2D eigenvalue weighted by Crippen LogP contribution is 2.18. The molecule has 1 atom stereocenters. The SMILES string of the molecule is COC(CN)CC(=O)Nc1ccc(OCC(F)(F)F)nc1. The molecule has 6 nitrogen and oxygen atoms in total. The predicted octanol–water partition coefficient (Wildman–Crippen LogP) is 1.32. The van der Waals surface area contributed by atoms with Crippen LogP contribution in [0.2, 0.25) is 0 Å². The van der Waals surface area contributed by atoms with Crippen LogP contribution < -0.4 is 15.8 Å². The Kier molecular flexibility index (Phi) is 6.38. The molecule has 0 aromatic carbocycles. The maximum atomic E-state index is 11.9. The first kappa shape index (κ1) is 17.2. The molecule has 9 heteroatoms. The van der Waals surface area contributed by atoms with E-state index in [1.165, 1.54) is 25.4 Å². The first-order valence-corrected chi connectivity index (χ1v) is 6.02. The van der Waals surface area contributed by atoms with E-state index in [1.807, 2.05) is 0 Å². The number of carbonyl (C=O) groups is 1. The summed E-state index contributed by atoms with van der Waals surface area (Å²) in [4.78, 5) is 15.3. The van der Waals surface area contributed by atoms with Crippen LogP contribution in [0.15, 0.2) is 18.3 Å². The van der Waals surface area contributed by atoms with E-state index in [9.17, 15) is 18.0 Å². The molecular weight excluding hydrogens is 291 g/mol. The molecule has 0 saturated carbocycles. The highest BCUT2D eigenvalue weighted by Gasteiger charge is 2.28. The summed E-state index contributed by atoms with van der Waals surface area (Å²) >= 11 is 0. The predicted molar refractivity (Wildman–Crippen MR) is 68.9 cm³/mol. The minimum absolute atomic E-state index is 0.0688. The van der Waals surface area contributed by atoms with E-state index in [0.29, 0.717) is 5.69 Å². The van der Waals surface area contributed by atoms with Gasteiger partial charge in [0.25, 0.3) is 0 Å². The smallest absolute Gasteiger partial charge is 0.422 e. The molecule has 1 heterocycles. The van der Waals surface area contributed by atoms with Gasteiger partial charge in [-0.25, -0.2) is 4.98 Å². The van der Waals surface area contributed by atoms with Gasteiger partial charge in [0.2, 0.25) is 11.8 Å². The van der Waals surface area contributed by atoms with E-state index in [2.05, 4.69) is 15.0 Å². The molecule has 0 bridgehead atoms. The molecule has 1 aromatic heterocycles. The Morgan fingerprint density at radius 3 is 2.67 bits per heavy atom. The van der Waals surface area contributed by atoms with E-state index < -0.39 is 18.9 Å². The van der Waals surface area contributed by atoms with Gasteiger partial charge in [0, 0.05) is 19.7 Å². The fraction of sp³-hybridized carbons (Fsp3) is 0.500.